The second-order valence-corrected chi connectivity index (χ2v) is 3.71. The summed E-state index contributed by atoms with van der Waals surface area (Å²) >= 11 is 0. The number of carbonyl (C=O) groups excluding carboxylic acids is 1. The Balaban J connectivity index is 2.29. The Morgan fingerprint density at radius 3 is 2.22 bits per heavy atom. The van der Waals surface area contributed by atoms with Crippen molar-refractivity contribution in [3.8, 4) is 0 Å². The smallest absolute Gasteiger partial charge is 0.409 e. The number of amides is 1. The largest absolute Gasteiger partial charge is 0.465 e. The Labute approximate surface area is 104 Å². The standard InChI is InChI=1S/C14H11NO3/c16-13(10-5-2-1-3-6-10)11-7-4-8-12(9-11)15-14(17)18/h1-9,15H,(H,17,18). The second-order valence-electron chi connectivity index (χ2n) is 3.71. The van der Waals surface area contributed by atoms with Gasteiger partial charge in [0.2, 0.25) is 0 Å². The first-order valence-electron chi connectivity index (χ1n) is 5.36. The molecule has 2 rings (SSSR count). The highest BCUT2D eigenvalue weighted by molar-refractivity contribution is 6.09. The number of anilines is 1. The zero-order chi connectivity index (χ0) is 13.0. The van der Waals surface area contributed by atoms with Crippen molar-refractivity contribution in [3.05, 3.63) is 65.7 Å². The second kappa shape index (κ2) is 5.14. The minimum Gasteiger partial charge on any atom is -0.465 e. The van der Waals surface area contributed by atoms with E-state index in [2.05, 4.69) is 5.32 Å². The van der Waals surface area contributed by atoms with Crippen LogP contribution in [0, 0.1) is 0 Å². The van der Waals surface area contributed by atoms with Crippen LogP contribution in [0.5, 0.6) is 0 Å². The quantitative estimate of drug-likeness (QED) is 0.812. The fourth-order valence-electron chi connectivity index (χ4n) is 1.62. The summed E-state index contributed by atoms with van der Waals surface area (Å²) in [6.07, 6.45) is -1.15. The van der Waals surface area contributed by atoms with E-state index in [1.165, 1.54) is 6.07 Å². The summed E-state index contributed by atoms with van der Waals surface area (Å²) in [4.78, 5) is 22.6. The summed E-state index contributed by atoms with van der Waals surface area (Å²) in [5, 5.41) is 10.8. The predicted octanol–water partition coefficient (Wildman–Crippen LogP) is 3.01. The van der Waals surface area contributed by atoms with Crippen molar-refractivity contribution in [2.24, 2.45) is 0 Å². The maximum absolute atomic E-state index is 12.1. The number of carbonyl (C=O) groups is 2. The first kappa shape index (κ1) is 11.9. The number of nitrogens with one attached hydrogen (secondary N) is 1. The van der Waals surface area contributed by atoms with Gasteiger partial charge in [-0.25, -0.2) is 4.79 Å². The van der Waals surface area contributed by atoms with Gasteiger partial charge in [-0.05, 0) is 12.1 Å². The van der Waals surface area contributed by atoms with Crippen molar-refractivity contribution in [3.63, 3.8) is 0 Å². The third kappa shape index (κ3) is 2.74. The van der Waals surface area contributed by atoms with Crippen LogP contribution in [0.25, 0.3) is 0 Å². The molecule has 18 heavy (non-hydrogen) atoms. The van der Waals surface area contributed by atoms with E-state index in [1.807, 2.05) is 6.07 Å². The molecule has 0 saturated carbocycles. The molecule has 0 aliphatic rings. The zero-order valence-corrected chi connectivity index (χ0v) is 9.46. The van der Waals surface area contributed by atoms with Gasteiger partial charge in [-0.3, -0.25) is 10.1 Å². The molecule has 0 atom stereocenters. The first-order valence-corrected chi connectivity index (χ1v) is 5.36. The number of rotatable bonds is 3. The van der Waals surface area contributed by atoms with Crippen LogP contribution < -0.4 is 5.32 Å². The molecule has 2 aromatic rings. The zero-order valence-electron chi connectivity index (χ0n) is 9.46. The summed E-state index contributed by atoms with van der Waals surface area (Å²) in [6, 6.07) is 15.3. The van der Waals surface area contributed by atoms with E-state index in [-0.39, 0.29) is 5.78 Å². The Bertz CT molecular complexity index is 579. The molecule has 1 amide bonds. The molecule has 0 saturated heterocycles. The molecule has 0 radical (unpaired) electrons. The van der Waals surface area contributed by atoms with Crippen molar-refractivity contribution in [1.82, 2.24) is 0 Å². The van der Waals surface area contributed by atoms with Crippen LogP contribution >= 0.6 is 0 Å². The lowest BCUT2D eigenvalue weighted by molar-refractivity contribution is 0.103. The van der Waals surface area contributed by atoms with Gasteiger partial charge in [0, 0.05) is 16.8 Å². The van der Waals surface area contributed by atoms with E-state index in [9.17, 15) is 9.59 Å². The molecule has 0 unspecified atom stereocenters. The molecule has 0 fully saturated rings. The Hall–Kier alpha value is -2.62. The van der Waals surface area contributed by atoms with Crippen molar-refractivity contribution in [2.75, 3.05) is 5.32 Å². The fourth-order valence-corrected chi connectivity index (χ4v) is 1.62. The van der Waals surface area contributed by atoms with E-state index < -0.39 is 6.09 Å². The van der Waals surface area contributed by atoms with Crippen LogP contribution in [0.1, 0.15) is 15.9 Å². The summed E-state index contributed by atoms with van der Waals surface area (Å²) < 4.78 is 0. The molecule has 2 aromatic carbocycles. The van der Waals surface area contributed by atoms with Crippen LogP contribution in [0.2, 0.25) is 0 Å². The summed E-state index contributed by atoms with van der Waals surface area (Å²) in [6.45, 7) is 0. The van der Waals surface area contributed by atoms with Gasteiger partial charge in [0.15, 0.2) is 5.78 Å². The third-order valence-electron chi connectivity index (χ3n) is 2.41. The van der Waals surface area contributed by atoms with Crippen molar-refractivity contribution < 1.29 is 14.7 Å². The highest BCUT2D eigenvalue weighted by Gasteiger charge is 2.09. The SMILES string of the molecule is O=C(O)Nc1cccc(C(=O)c2ccccc2)c1. The van der Waals surface area contributed by atoms with Crippen LogP contribution in [-0.2, 0) is 0 Å². The maximum atomic E-state index is 12.1. The highest BCUT2D eigenvalue weighted by Crippen LogP contribution is 2.14. The summed E-state index contributed by atoms with van der Waals surface area (Å²) in [5.41, 5.74) is 1.40. The number of benzene rings is 2. The third-order valence-corrected chi connectivity index (χ3v) is 2.41. The van der Waals surface area contributed by atoms with Gasteiger partial charge in [0.05, 0.1) is 0 Å². The number of hydrogen-bond donors (Lipinski definition) is 2. The van der Waals surface area contributed by atoms with Gasteiger partial charge in [-0.2, -0.15) is 0 Å². The van der Waals surface area contributed by atoms with E-state index in [0.29, 0.717) is 16.8 Å². The number of carboxylic acid groups (broad SMARTS) is 1. The van der Waals surface area contributed by atoms with Crippen molar-refractivity contribution >= 4 is 17.6 Å². The average molecular weight is 241 g/mol. The lowest BCUT2D eigenvalue weighted by Gasteiger charge is -2.04. The Morgan fingerprint density at radius 1 is 0.889 bits per heavy atom. The van der Waals surface area contributed by atoms with Crippen LogP contribution in [0.3, 0.4) is 0 Å². The van der Waals surface area contributed by atoms with Crippen LogP contribution in [0.4, 0.5) is 10.5 Å². The molecule has 0 spiro atoms. The molecule has 4 nitrogen and oxygen atoms in total. The number of ketones is 1. The summed E-state index contributed by atoms with van der Waals surface area (Å²) in [7, 11) is 0. The molecule has 0 bridgehead atoms. The fraction of sp³-hybridized carbons (Fsp3) is 0. The topological polar surface area (TPSA) is 66.4 Å². The molecule has 2 N–H and O–H groups in total. The monoisotopic (exact) mass is 241 g/mol. The van der Waals surface area contributed by atoms with Crippen molar-refractivity contribution in [1.29, 1.82) is 0 Å². The molecule has 0 heterocycles. The van der Waals surface area contributed by atoms with Crippen LogP contribution in [0.15, 0.2) is 54.6 Å². The van der Waals surface area contributed by atoms with Gasteiger partial charge < -0.3 is 5.11 Å². The normalized spacial score (nSPS) is 9.78. The minimum atomic E-state index is -1.15. The van der Waals surface area contributed by atoms with E-state index in [4.69, 9.17) is 5.11 Å². The predicted molar refractivity (Wildman–Crippen MR) is 68.0 cm³/mol. The Morgan fingerprint density at radius 2 is 1.56 bits per heavy atom. The first-order chi connectivity index (χ1) is 8.66. The van der Waals surface area contributed by atoms with Gasteiger partial charge >= 0.3 is 6.09 Å². The van der Waals surface area contributed by atoms with Crippen molar-refractivity contribution in [2.45, 2.75) is 0 Å². The molecule has 0 aliphatic heterocycles. The molecule has 4 heteroatoms. The molecular formula is C14H11NO3. The summed E-state index contributed by atoms with van der Waals surface area (Å²) in [5.74, 6) is -0.135. The van der Waals surface area contributed by atoms with Gasteiger partial charge in [0.25, 0.3) is 0 Å². The minimum absolute atomic E-state index is 0.135. The van der Waals surface area contributed by atoms with Gasteiger partial charge in [-0.1, -0.05) is 42.5 Å². The van der Waals surface area contributed by atoms with Gasteiger partial charge in [0.1, 0.15) is 0 Å². The Kier molecular flexibility index (Phi) is 3.38. The van der Waals surface area contributed by atoms with Crippen LogP contribution in [-0.4, -0.2) is 17.0 Å². The lowest BCUT2D eigenvalue weighted by Crippen LogP contribution is -2.08. The molecule has 0 aliphatic carbocycles. The van der Waals surface area contributed by atoms with E-state index in [0.717, 1.165) is 0 Å². The molecular weight excluding hydrogens is 230 g/mol. The molecule has 0 aromatic heterocycles. The highest BCUT2D eigenvalue weighted by atomic mass is 16.4. The molecule has 90 valence electrons. The lowest BCUT2D eigenvalue weighted by atomic mass is 10.0. The number of hydrogen-bond acceptors (Lipinski definition) is 2. The van der Waals surface area contributed by atoms with Gasteiger partial charge in [-0.15, -0.1) is 0 Å². The maximum Gasteiger partial charge on any atom is 0.409 e. The average Bonchev–Trinajstić information content (AvgIpc) is 2.38. The van der Waals surface area contributed by atoms with E-state index in [1.54, 1.807) is 42.5 Å². The van der Waals surface area contributed by atoms with E-state index >= 15 is 0 Å².